The SMILES string of the molecule is Cc1ccc(NC(=O)c2cc3cc(N)ccc3s2)cc1F. The summed E-state index contributed by atoms with van der Waals surface area (Å²) in [7, 11) is 0. The normalized spacial score (nSPS) is 10.8. The molecule has 3 rings (SSSR count). The fourth-order valence-corrected chi connectivity index (χ4v) is 2.98. The average Bonchev–Trinajstić information content (AvgIpc) is 2.86. The molecule has 0 unspecified atom stereocenters. The molecule has 3 aromatic rings. The van der Waals surface area contributed by atoms with Crippen LogP contribution < -0.4 is 11.1 Å². The Labute approximate surface area is 125 Å². The smallest absolute Gasteiger partial charge is 0.265 e. The maximum Gasteiger partial charge on any atom is 0.265 e. The van der Waals surface area contributed by atoms with Gasteiger partial charge in [-0.05, 0) is 54.3 Å². The minimum atomic E-state index is -0.336. The lowest BCUT2D eigenvalue weighted by Gasteiger charge is -2.04. The first-order valence-corrected chi connectivity index (χ1v) is 7.21. The number of thiophene rings is 1. The summed E-state index contributed by atoms with van der Waals surface area (Å²) in [5, 5.41) is 3.63. The minimum Gasteiger partial charge on any atom is -0.399 e. The molecule has 0 aliphatic carbocycles. The van der Waals surface area contributed by atoms with Gasteiger partial charge >= 0.3 is 0 Å². The molecule has 1 amide bonds. The maximum atomic E-state index is 13.5. The van der Waals surface area contributed by atoms with E-state index in [-0.39, 0.29) is 11.7 Å². The van der Waals surface area contributed by atoms with E-state index in [1.54, 1.807) is 31.2 Å². The molecule has 0 bridgehead atoms. The van der Waals surface area contributed by atoms with E-state index in [4.69, 9.17) is 5.73 Å². The molecule has 0 aliphatic heterocycles. The van der Waals surface area contributed by atoms with Gasteiger partial charge in [-0.1, -0.05) is 6.07 Å². The van der Waals surface area contributed by atoms with Gasteiger partial charge in [-0.15, -0.1) is 11.3 Å². The van der Waals surface area contributed by atoms with Crippen molar-refractivity contribution < 1.29 is 9.18 Å². The Bertz CT molecular complexity index is 841. The highest BCUT2D eigenvalue weighted by Crippen LogP contribution is 2.28. The monoisotopic (exact) mass is 300 g/mol. The number of nitrogens with one attached hydrogen (secondary N) is 1. The van der Waals surface area contributed by atoms with E-state index in [1.807, 2.05) is 12.1 Å². The van der Waals surface area contributed by atoms with Gasteiger partial charge in [0.15, 0.2) is 0 Å². The van der Waals surface area contributed by atoms with E-state index in [0.29, 0.717) is 21.8 Å². The molecule has 5 heteroatoms. The van der Waals surface area contributed by atoms with Gasteiger partial charge < -0.3 is 11.1 Å². The van der Waals surface area contributed by atoms with Crippen molar-refractivity contribution in [2.75, 3.05) is 11.1 Å². The molecule has 21 heavy (non-hydrogen) atoms. The van der Waals surface area contributed by atoms with Crippen molar-refractivity contribution in [1.82, 2.24) is 0 Å². The standard InChI is InChI=1S/C16H13FN2OS/c1-9-2-4-12(8-13(9)17)19-16(20)15-7-10-6-11(18)3-5-14(10)21-15/h2-8H,18H2,1H3,(H,19,20). The summed E-state index contributed by atoms with van der Waals surface area (Å²) in [5.41, 5.74) is 7.38. The summed E-state index contributed by atoms with van der Waals surface area (Å²) in [5.74, 6) is -0.588. The summed E-state index contributed by atoms with van der Waals surface area (Å²) in [4.78, 5) is 12.8. The van der Waals surface area contributed by atoms with Crippen molar-refractivity contribution in [1.29, 1.82) is 0 Å². The molecule has 3 nitrogen and oxygen atoms in total. The first-order chi connectivity index (χ1) is 10.0. The summed E-state index contributed by atoms with van der Waals surface area (Å²) in [6.07, 6.45) is 0. The predicted molar refractivity (Wildman–Crippen MR) is 85.3 cm³/mol. The highest BCUT2D eigenvalue weighted by molar-refractivity contribution is 7.20. The largest absolute Gasteiger partial charge is 0.399 e. The Morgan fingerprint density at radius 2 is 2.00 bits per heavy atom. The number of fused-ring (bicyclic) bond motifs is 1. The van der Waals surface area contributed by atoms with Gasteiger partial charge in [0.2, 0.25) is 0 Å². The molecule has 0 radical (unpaired) electrons. The van der Waals surface area contributed by atoms with Crippen LogP contribution in [-0.2, 0) is 0 Å². The van der Waals surface area contributed by atoms with Crippen LogP contribution in [0.1, 0.15) is 15.2 Å². The Balaban J connectivity index is 1.87. The fraction of sp³-hybridized carbons (Fsp3) is 0.0625. The van der Waals surface area contributed by atoms with Crippen molar-refractivity contribution in [2.24, 2.45) is 0 Å². The number of hydrogen-bond donors (Lipinski definition) is 2. The Hall–Kier alpha value is -2.40. The molecule has 0 saturated heterocycles. The van der Waals surface area contributed by atoms with Gasteiger partial charge in [0.25, 0.3) is 5.91 Å². The summed E-state index contributed by atoms with van der Waals surface area (Å²) >= 11 is 1.38. The molecule has 106 valence electrons. The second kappa shape index (κ2) is 5.18. The summed E-state index contributed by atoms with van der Waals surface area (Å²) < 4.78 is 14.5. The van der Waals surface area contributed by atoms with Crippen LogP contribution in [-0.4, -0.2) is 5.91 Å². The summed E-state index contributed by atoms with van der Waals surface area (Å²) in [6, 6.07) is 11.9. The third kappa shape index (κ3) is 2.73. The minimum absolute atomic E-state index is 0.252. The van der Waals surface area contributed by atoms with Crippen LogP contribution >= 0.6 is 11.3 Å². The van der Waals surface area contributed by atoms with Gasteiger partial charge in [-0.3, -0.25) is 4.79 Å². The zero-order valence-corrected chi connectivity index (χ0v) is 12.1. The Morgan fingerprint density at radius 3 is 2.76 bits per heavy atom. The van der Waals surface area contributed by atoms with E-state index >= 15 is 0 Å². The second-order valence-electron chi connectivity index (χ2n) is 4.83. The molecular weight excluding hydrogens is 287 g/mol. The van der Waals surface area contributed by atoms with E-state index < -0.39 is 0 Å². The van der Waals surface area contributed by atoms with Crippen LogP contribution in [0.25, 0.3) is 10.1 Å². The molecule has 0 fully saturated rings. The van der Waals surface area contributed by atoms with Crippen molar-refractivity contribution in [3.05, 3.63) is 58.7 Å². The van der Waals surface area contributed by atoms with Gasteiger partial charge in [0.05, 0.1) is 4.88 Å². The number of aryl methyl sites for hydroxylation is 1. The first kappa shape index (κ1) is 13.6. The number of nitrogen functional groups attached to an aromatic ring is 1. The lowest BCUT2D eigenvalue weighted by atomic mass is 10.2. The average molecular weight is 300 g/mol. The van der Waals surface area contributed by atoms with Gasteiger partial charge in [0, 0.05) is 16.1 Å². The lowest BCUT2D eigenvalue weighted by Crippen LogP contribution is -2.10. The Morgan fingerprint density at radius 1 is 1.19 bits per heavy atom. The zero-order chi connectivity index (χ0) is 15.0. The highest BCUT2D eigenvalue weighted by Gasteiger charge is 2.11. The van der Waals surface area contributed by atoms with E-state index in [0.717, 1.165) is 10.1 Å². The molecular formula is C16H13FN2OS. The van der Waals surface area contributed by atoms with Crippen LogP contribution in [0.3, 0.4) is 0 Å². The summed E-state index contributed by atoms with van der Waals surface area (Å²) in [6.45, 7) is 1.68. The number of carbonyl (C=O) groups excluding carboxylic acids is 1. The van der Waals surface area contributed by atoms with Crippen LogP contribution in [0.2, 0.25) is 0 Å². The van der Waals surface area contributed by atoms with Crippen LogP contribution in [0, 0.1) is 12.7 Å². The third-order valence-corrected chi connectivity index (χ3v) is 4.31. The van der Waals surface area contributed by atoms with Gasteiger partial charge in [0.1, 0.15) is 5.82 Å². The number of amides is 1. The van der Waals surface area contributed by atoms with Crippen molar-refractivity contribution >= 4 is 38.7 Å². The van der Waals surface area contributed by atoms with E-state index in [2.05, 4.69) is 5.32 Å². The first-order valence-electron chi connectivity index (χ1n) is 6.39. The highest BCUT2D eigenvalue weighted by atomic mass is 32.1. The number of benzene rings is 2. The van der Waals surface area contributed by atoms with E-state index in [9.17, 15) is 9.18 Å². The molecule has 0 spiro atoms. The molecule has 0 aliphatic rings. The molecule has 1 aromatic heterocycles. The van der Waals surface area contributed by atoms with Crippen LogP contribution in [0.4, 0.5) is 15.8 Å². The number of rotatable bonds is 2. The molecule has 0 saturated carbocycles. The van der Waals surface area contributed by atoms with Crippen molar-refractivity contribution in [2.45, 2.75) is 6.92 Å². The van der Waals surface area contributed by atoms with E-state index in [1.165, 1.54) is 17.4 Å². The third-order valence-electron chi connectivity index (χ3n) is 3.19. The number of halogens is 1. The van der Waals surface area contributed by atoms with Gasteiger partial charge in [-0.2, -0.15) is 0 Å². The lowest BCUT2D eigenvalue weighted by molar-refractivity contribution is 0.103. The second-order valence-corrected chi connectivity index (χ2v) is 5.91. The van der Waals surface area contributed by atoms with Crippen LogP contribution in [0.5, 0.6) is 0 Å². The number of carbonyl (C=O) groups is 1. The predicted octanol–water partition coefficient (Wildman–Crippen LogP) is 4.18. The number of hydrogen-bond acceptors (Lipinski definition) is 3. The molecule has 2 aromatic carbocycles. The Kier molecular flexibility index (Phi) is 3.35. The number of nitrogens with two attached hydrogens (primary N) is 1. The molecule has 3 N–H and O–H groups in total. The topological polar surface area (TPSA) is 55.1 Å². The molecule has 0 atom stereocenters. The van der Waals surface area contributed by atoms with Crippen molar-refractivity contribution in [3.63, 3.8) is 0 Å². The van der Waals surface area contributed by atoms with Crippen LogP contribution in [0.15, 0.2) is 42.5 Å². The molecule has 1 heterocycles. The zero-order valence-electron chi connectivity index (χ0n) is 11.3. The maximum absolute atomic E-state index is 13.5. The fourth-order valence-electron chi connectivity index (χ4n) is 2.04. The number of anilines is 2. The van der Waals surface area contributed by atoms with Gasteiger partial charge in [-0.25, -0.2) is 4.39 Å². The van der Waals surface area contributed by atoms with Crippen molar-refractivity contribution in [3.8, 4) is 0 Å². The quantitative estimate of drug-likeness (QED) is 0.697.